The Labute approximate surface area is 111 Å². The minimum Gasteiger partial charge on any atom is -0.385 e. The summed E-state index contributed by atoms with van der Waals surface area (Å²) in [6.07, 6.45) is 7.85. The van der Waals surface area contributed by atoms with Crippen molar-refractivity contribution in [3.63, 3.8) is 0 Å². The molecule has 1 saturated carbocycles. The van der Waals surface area contributed by atoms with Crippen LogP contribution in [0.15, 0.2) is 0 Å². The molecule has 1 aliphatic carbocycles. The highest BCUT2D eigenvalue weighted by atomic mass is 16.5. The molecular weight excluding hydrogens is 226 g/mol. The molecule has 0 aromatic heterocycles. The Morgan fingerprint density at radius 3 is 2.89 bits per heavy atom. The van der Waals surface area contributed by atoms with Crippen LogP contribution in [0.3, 0.4) is 0 Å². The minimum atomic E-state index is 0.325. The zero-order valence-electron chi connectivity index (χ0n) is 11.9. The van der Waals surface area contributed by atoms with Crippen molar-refractivity contribution in [3.05, 3.63) is 0 Å². The van der Waals surface area contributed by atoms with Crippen molar-refractivity contribution in [3.8, 4) is 0 Å². The number of methoxy groups -OCH3 is 1. The van der Waals surface area contributed by atoms with E-state index in [9.17, 15) is 4.79 Å². The van der Waals surface area contributed by atoms with E-state index in [1.807, 2.05) is 0 Å². The van der Waals surface area contributed by atoms with Gasteiger partial charge in [-0.15, -0.1) is 0 Å². The van der Waals surface area contributed by atoms with Crippen molar-refractivity contribution in [2.75, 3.05) is 20.3 Å². The predicted molar refractivity (Wildman–Crippen MR) is 72.6 cm³/mol. The summed E-state index contributed by atoms with van der Waals surface area (Å²) in [6, 6.07) is 1.07. The van der Waals surface area contributed by atoms with E-state index in [1.165, 1.54) is 25.8 Å². The van der Waals surface area contributed by atoms with Crippen LogP contribution in [0, 0.1) is 5.92 Å². The van der Waals surface area contributed by atoms with Gasteiger partial charge in [-0.2, -0.15) is 0 Å². The number of ether oxygens (including phenoxy) is 1. The van der Waals surface area contributed by atoms with Gasteiger partial charge in [0, 0.05) is 38.1 Å². The third-order valence-electron chi connectivity index (χ3n) is 4.71. The second kappa shape index (κ2) is 6.67. The van der Waals surface area contributed by atoms with Gasteiger partial charge in [0.1, 0.15) is 5.78 Å². The number of nitrogens with zero attached hydrogens (tertiary/aromatic N) is 1. The Balaban J connectivity index is 1.95. The Morgan fingerprint density at radius 2 is 2.17 bits per heavy atom. The van der Waals surface area contributed by atoms with Gasteiger partial charge in [0.05, 0.1) is 0 Å². The molecule has 0 spiro atoms. The third-order valence-corrected chi connectivity index (χ3v) is 4.71. The summed E-state index contributed by atoms with van der Waals surface area (Å²) in [5, 5.41) is 0. The number of carbonyl (C=O) groups excluding carboxylic acids is 1. The zero-order valence-corrected chi connectivity index (χ0v) is 11.9. The summed E-state index contributed by atoms with van der Waals surface area (Å²) in [6.45, 7) is 4.27. The van der Waals surface area contributed by atoms with E-state index in [-0.39, 0.29) is 0 Å². The van der Waals surface area contributed by atoms with E-state index in [0.29, 0.717) is 23.8 Å². The highest BCUT2D eigenvalue weighted by Gasteiger charge is 2.38. The third kappa shape index (κ3) is 3.12. The van der Waals surface area contributed by atoms with Crippen LogP contribution in [-0.2, 0) is 9.53 Å². The molecule has 2 aliphatic rings. The first-order valence-corrected chi connectivity index (χ1v) is 7.51. The van der Waals surface area contributed by atoms with Gasteiger partial charge in [0.2, 0.25) is 0 Å². The molecule has 1 heterocycles. The largest absolute Gasteiger partial charge is 0.385 e. The molecule has 0 radical (unpaired) electrons. The maximum Gasteiger partial charge on any atom is 0.137 e. The van der Waals surface area contributed by atoms with Gasteiger partial charge in [-0.05, 0) is 45.6 Å². The summed E-state index contributed by atoms with van der Waals surface area (Å²) in [7, 11) is 1.76. The highest BCUT2D eigenvalue weighted by Crippen LogP contribution is 2.33. The molecular formula is C15H27NO2. The van der Waals surface area contributed by atoms with Crippen LogP contribution in [-0.4, -0.2) is 43.0 Å². The Hall–Kier alpha value is -0.410. The topological polar surface area (TPSA) is 29.5 Å². The van der Waals surface area contributed by atoms with E-state index in [4.69, 9.17) is 4.74 Å². The number of rotatable bonds is 5. The monoisotopic (exact) mass is 253 g/mol. The van der Waals surface area contributed by atoms with Crippen LogP contribution in [0.2, 0.25) is 0 Å². The SMILES string of the molecule is COCCC(C)N1CCCC1C1CCCCC1=O. The fraction of sp³-hybridized carbons (Fsp3) is 0.933. The lowest BCUT2D eigenvalue weighted by atomic mass is 9.81. The number of likely N-dealkylation sites (tertiary alicyclic amines) is 1. The smallest absolute Gasteiger partial charge is 0.137 e. The zero-order chi connectivity index (χ0) is 13.0. The van der Waals surface area contributed by atoms with Crippen molar-refractivity contribution in [1.82, 2.24) is 4.90 Å². The van der Waals surface area contributed by atoms with Gasteiger partial charge in [-0.25, -0.2) is 0 Å². The van der Waals surface area contributed by atoms with Gasteiger partial charge >= 0.3 is 0 Å². The van der Waals surface area contributed by atoms with Gasteiger partial charge in [-0.3, -0.25) is 9.69 Å². The van der Waals surface area contributed by atoms with Crippen molar-refractivity contribution in [1.29, 1.82) is 0 Å². The van der Waals surface area contributed by atoms with E-state index < -0.39 is 0 Å². The average Bonchev–Trinajstić information content (AvgIpc) is 2.85. The lowest BCUT2D eigenvalue weighted by molar-refractivity contribution is -0.127. The molecule has 3 nitrogen and oxygen atoms in total. The van der Waals surface area contributed by atoms with Gasteiger partial charge in [0.15, 0.2) is 0 Å². The second-order valence-corrected chi connectivity index (χ2v) is 5.90. The second-order valence-electron chi connectivity index (χ2n) is 5.90. The molecule has 3 atom stereocenters. The standard InChI is InChI=1S/C15H27NO2/c1-12(9-11-18-2)16-10-5-7-14(16)13-6-3-4-8-15(13)17/h12-14H,3-11H2,1-2H3. The maximum atomic E-state index is 12.1. The number of carbonyl (C=O) groups is 1. The molecule has 2 rings (SSSR count). The number of hydrogen-bond acceptors (Lipinski definition) is 3. The fourth-order valence-electron chi connectivity index (χ4n) is 3.67. The van der Waals surface area contributed by atoms with Crippen molar-refractivity contribution in [2.24, 2.45) is 5.92 Å². The Bertz CT molecular complexity index is 280. The van der Waals surface area contributed by atoms with Crippen LogP contribution in [0.25, 0.3) is 0 Å². The molecule has 0 aromatic carbocycles. The number of Topliss-reactive ketones (excluding diaryl/α,β-unsaturated/α-hetero) is 1. The first-order valence-electron chi connectivity index (χ1n) is 7.51. The van der Waals surface area contributed by atoms with Crippen molar-refractivity contribution >= 4 is 5.78 Å². The minimum absolute atomic E-state index is 0.325. The van der Waals surface area contributed by atoms with E-state index in [2.05, 4.69) is 11.8 Å². The lowest BCUT2D eigenvalue weighted by Crippen LogP contribution is -2.45. The average molecular weight is 253 g/mol. The van der Waals surface area contributed by atoms with Gasteiger partial charge in [0.25, 0.3) is 0 Å². The molecule has 1 aliphatic heterocycles. The van der Waals surface area contributed by atoms with Crippen LogP contribution >= 0.6 is 0 Å². The maximum absolute atomic E-state index is 12.1. The normalized spacial score (nSPS) is 31.8. The van der Waals surface area contributed by atoms with Crippen LogP contribution in [0.5, 0.6) is 0 Å². The Morgan fingerprint density at radius 1 is 1.33 bits per heavy atom. The molecule has 0 bridgehead atoms. The highest BCUT2D eigenvalue weighted by molar-refractivity contribution is 5.82. The molecule has 0 N–H and O–H groups in total. The summed E-state index contributed by atoms with van der Waals surface area (Å²) in [5.41, 5.74) is 0. The molecule has 3 heteroatoms. The molecule has 0 aromatic rings. The van der Waals surface area contributed by atoms with Gasteiger partial charge < -0.3 is 4.74 Å². The first kappa shape index (κ1) is 14.0. The predicted octanol–water partition coefficient (Wildman–Crippen LogP) is 2.64. The van der Waals surface area contributed by atoms with Crippen molar-refractivity contribution < 1.29 is 9.53 Å². The van der Waals surface area contributed by atoms with E-state index >= 15 is 0 Å². The fourth-order valence-corrected chi connectivity index (χ4v) is 3.67. The molecule has 0 amide bonds. The number of hydrogen-bond donors (Lipinski definition) is 0. The molecule has 1 saturated heterocycles. The van der Waals surface area contributed by atoms with Crippen molar-refractivity contribution in [2.45, 2.75) is 64.0 Å². The quantitative estimate of drug-likeness (QED) is 0.754. The van der Waals surface area contributed by atoms with Crippen LogP contribution < -0.4 is 0 Å². The van der Waals surface area contributed by atoms with Crippen LogP contribution in [0.1, 0.15) is 51.9 Å². The molecule has 2 fully saturated rings. The van der Waals surface area contributed by atoms with E-state index in [1.54, 1.807) is 7.11 Å². The summed E-state index contributed by atoms with van der Waals surface area (Å²) in [5.74, 6) is 0.850. The molecule has 18 heavy (non-hydrogen) atoms. The summed E-state index contributed by atoms with van der Waals surface area (Å²) >= 11 is 0. The van der Waals surface area contributed by atoms with Crippen LogP contribution in [0.4, 0.5) is 0 Å². The first-order chi connectivity index (χ1) is 8.74. The lowest BCUT2D eigenvalue weighted by Gasteiger charge is -2.36. The molecule has 104 valence electrons. The van der Waals surface area contributed by atoms with E-state index in [0.717, 1.165) is 32.3 Å². The molecule has 3 unspecified atom stereocenters. The van der Waals surface area contributed by atoms with Gasteiger partial charge in [-0.1, -0.05) is 6.42 Å². The Kier molecular flexibility index (Phi) is 5.19. The summed E-state index contributed by atoms with van der Waals surface area (Å²) < 4.78 is 5.18. The number of ketones is 1. The summed E-state index contributed by atoms with van der Waals surface area (Å²) in [4.78, 5) is 14.7.